The molecule has 0 radical (unpaired) electrons. The fourth-order valence-corrected chi connectivity index (χ4v) is 3.13. The van der Waals surface area contributed by atoms with Crippen LogP contribution in [0, 0.1) is 5.92 Å². The lowest BCUT2D eigenvalue weighted by atomic mass is 9.79. The van der Waals surface area contributed by atoms with Gasteiger partial charge in [-0.25, -0.2) is 0 Å². The first-order chi connectivity index (χ1) is 9.94. The van der Waals surface area contributed by atoms with Gasteiger partial charge in [0.1, 0.15) is 0 Å². The van der Waals surface area contributed by atoms with Gasteiger partial charge in [-0.05, 0) is 45.1 Å². The molecule has 8 heteroatoms. The summed E-state index contributed by atoms with van der Waals surface area (Å²) in [6.07, 6.45) is -2.12. The van der Waals surface area contributed by atoms with Crippen LogP contribution in [0.4, 0.5) is 13.2 Å². The average molecular weight is 316 g/mol. The summed E-state index contributed by atoms with van der Waals surface area (Å²) in [6.45, 7) is 9.88. The molecule has 0 spiro atoms. The second kappa shape index (κ2) is 4.51. The molecule has 122 valence electrons. The standard InChI is InChI=1S/C14H20BF3N2O2/c1-8-10(9-6-19-20(7-9)14(16,17)18)11(8)15-21-12(2,3)13(4,5)22-15/h6-8,10-11H,1-5H3. The molecule has 3 rings (SSSR count). The maximum atomic E-state index is 12.6. The highest BCUT2D eigenvalue weighted by atomic mass is 19.4. The Balaban J connectivity index is 1.76. The zero-order valence-electron chi connectivity index (χ0n) is 13.3. The van der Waals surface area contributed by atoms with Crippen LogP contribution < -0.4 is 0 Å². The van der Waals surface area contributed by atoms with Crippen molar-refractivity contribution in [2.75, 3.05) is 0 Å². The van der Waals surface area contributed by atoms with Crippen LogP contribution >= 0.6 is 0 Å². The summed E-state index contributed by atoms with van der Waals surface area (Å²) >= 11 is 0. The van der Waals surface area contributed by atoms with Gasteiger partial charge in [-0.2, -0.15) is 9.78 Å². The molecule has 1 aromatic rings. The largest absolute Gasteiger partial charge is 0.504 e. The van der Waals surface area contributed by atoms with Crippen LogP contribution in [-0.2, 0) is 15.6 Å². The monoisotopic (exact) mass is 316 g/mol. The van der Waals surface area contributed by atoms with Gasteiger partial charge in [0.25, 0.3) is 0 Å². The Morgan fingerprint density at radius 1 is 1.18 bits per heavy atom. The van der Waals surface area contributed by atoms with E-state index in [-0.39, 0.29) is 29.5 Å². The van der Waals surface area contributed by atoms with Crippen LogP contribution in [0.15, 0.2) is 12.4 Å². The lowest BCUT2D eigenvalue weighted by molar-refractivity contribution is -0.212. The highest BCUT2D eigenvalue weighted by molar-refractivity contribution is 6.49. The predicted octanol–water partition coefficient (Wildman–Crippen LogP) is 3.56. The SMILES string of the molecule is CC1C(B2OC(C)(C)C(C)(C)O2)C1c1cnn(C(F)(F)F)c1. The molecule has 1 saturated heterocycles. The number of nitrogens with zero attached hydrogens (tertiary/aromatic N) is 2. The van der Waals surface area contributed by atoms with Crippen molar-refractivity contribution in [2.45, 2.75) is 63.9 Å². The minimum absolute atomic E-state index is 0.00852. The number of alkyl halides is 3. The molecular weight excluding hydrogens is 296 g/mol. The van der Waals surface area contributed by atoms with Crippen molar-refractivity contribution >= 4 is 7.12 Å². The third kappa shape index (κ3) is 2.36. The molecule has 1 aromatic heterocycles. The Kier molecular flexibility index (Phi) is 3.25. The van der Waals surface area contributed by atoms with Crippen LogP contribution in [0.5, 0.6) is 0 Å². The van der Waals surface area contributed by atoms with E-state index in [9.17, 15) is 13.2 Å². The molecule has 0 bridgehead atoms. The zero-order valence-corrected chi connectivity index (χ0v) is 13.3. The van der Waals surface area contributed by atoms with Gasteiger partial charge in [-0.15, -0.1) is 13.2 Å². The van der Waals surface area contributed by atoms with Gasteiger partial charge < -0.3 is 9.31 Å². The number of hydrogen-bond donors (Lipinski definition) is 0. The average Bonchev–Trinajstić information content (AvgIpc) is 2.71. The van der Waals surface area contributed by atoms with Gasteiger partial charge in [-0.3, -0.25) is 0 Å². The molecule has 0 amide bonds. The second-order valence-electron chi connectivity index (χ2n) is 7.27. The number of halogens is 3. The summed E-state index contributed by atoms with van der Waals surface area (Å²) in [4.78, 5) is 0. The summed E-state index contributed by atoms with van der Waals surface area (Å²) in [7, 11) is -0.390. The Hall–Kier alpha value is -1.02. The van der Waals surface area contributed by atoms with Crippen LogP contribution in [0.2, 0.25) is 5.82 Å². The van der Waals surface area contributed by atoms with Crippen molar-refractivity contribution in [3.63, 3.8) is 0 Å². The molecule has 1 saturated carbocycles. The highest BCUT2D eigenvalue weighted by Crippen LogP contribution is 2.63. The molecule has 2 fully saturated rings. The van der Waals surface area contributed by atoms with E-state index in [1.807, 2.05) is 34.6 Å². The fourth-order valence-electron chi connectivity index (χ4n) is 3.13. The van der Waals surface area contributed by atoms with Crippen molar-refractivity contribution in [3.8, 4) is 0 Å². The van der Waals surface area contributed by atoms with Crippen LogP contribution in [-0.4, -0.2) is 28.1 Å². The predicted molar refractivity (Wildman–Crippen MR) is 75.3 cm³/mol. The van der Waals surface area contributed by atoms with Gasteiger partial charge in [0, 0.05) is 12.0 Å². The Morgan fingerprint density at radius 3 is 2.18 bits per heavy atom. The van der Waals surface area contributed by atoms with E-state index in [1.54, 1.807) is 0 Å². The molecule has 0 aromatic carbocycles. The zero-order chi connectivity index (χ0) is 16.5. The van der Waals surface area contributed by atoms with E-state index in [1.165, 1.54) is 6.20 Å². The normalized spacial score (nSPS) is 33.3. The van der Waals surface area contributed by atoms with Gasteiger partial charge in [0.2, 0.25) is 0 Å². The smallest absolute Gasteiger partial charge is 0.403 e. The van der Waals surface area contributed by atoms with E-state index in [0.29, 0.717) is 5.56 Å². The molecule has 3 atom stereocenters. The minimum Gasteiger partial charge on any atom is -0.403 e. The molecule has 22 heavy (non-hydrogen) atoms. The first-order valence-electron chi connectivity index (χ1n) is 7.41. The molecule has 2 heterocycles. The van der Waals surface area contributed by atoms with Gasteiger partial charge in [-0.1, -0.05) is 6.92 Å². The van der Waals surface area contributed by atoms with E-state index >= 15 is 0 Å². The van der Waals surface area contributed by atoms with Crippen molar-refractivity contribution in [2.24, 2.45) is 5.92 Å². The topological polar surface area (TPSA) is 36.3 Å². The Labute approximate surface area is 128 Å². The van der Waals surface area contributed by atoms with E-state index in [4.69, 9.17) is 9.31 Å². The molecule has 2 aliphatic rings. The Morgan fingerprint density at radius 2 is 1.73 bits per heavy atom. The van der Waals surface area contributed by atoms with Crippen molar-refractivity contribution in [1.82, 2.24) is 9.78 Å². The minimum atomic E-state index is -4.48. The quantitative estimate of drug-likeness (QED) is 0.783. The molecule has 1 aliphatic heterocycles. The van der Waals surface area contributed by atoms with E-state index in [0.717, 1.165) is 6.20 Å². The maximum Gasteiger partial charge on any atom is 0.504 e. The van der Waals surface area contributed by atoms with Crippen LogP contribution in [0.25, 0.3) is 0 Å². The van der Waals surface area contributed by atoms with E-state index < -0.39 is 17.5 Å². The fraction of sp³-hybridized carbons (Fsp3) is 0.786. The molecule has 1 aliphatic carbocycles. The molecule has 3 unspecified atom stereocenters. The lowest BCUT2D eigenvalue weighted by Crippen LogP contribution is -2.41. The Bertz CT molecular complexity index is 569. The van der Waals surface area contributed by atoms with Crippen LogP contribution in [0.3, 0.4) is 0 Å². The summed E-state index contributed by atoms with van der Waals surface area (Å²) < 4.78 is 50.0. The summed E-state index contributed by atoms with van der Waals surface area (Å²) in [6, 6.07) is 0. The van der Waals surface area contributed by atoms with Crippen LogP contribution in [0.1, 0.15) is 46.1 Å². The van der Waals surface area contributed by atoms with Crippen molar-refractivity contribution < 1.29 is 22.5 Å². The van der Waals surface area contributed by atoms with E-state index in [2.05, 4.69) is 5.10 Å². The third-order valence-electron chi connectivity index (χ3n) is 5.28. The number of hydrogen-bond acceptors (Lipinski definition) is 3. The summed E-state index contributed by atoms with van der Waals surface area (Å²) in [5.41, 5.74) is -0.272. The van der Waals surface area contributed by atoms with Gasteiger partial charge in [0.15, 0.2) is 0 Å². The second-order valence-corrected chi connectivity index (χ2v) is 7.27. The van der Waals surface area contributed by atoms with Gasteiger partial charge >= 0.3 is 13.4 Å². The molecule has 0 N–H and O–H groups in total. The summed E-state index contributed by atoms with van der Waals surface area (Å²) in [5.74, 6) is 0.262. The van der Waals surface area contributed by atoms with Gasteiger partial charge in [0.05, 0.1) is 17.4 Å². The number of rotatable bonds is 2. The van der Waals surface area contributed by atoms with Crippen molar-refractivity contribution in [1.29, 1.82) is 0 Å². The summed E-state index contributed by atoms with van der Waals surface area (Å²) in [5, 5.41) is 3.41. The first-order valence-corrected chi connectivity index (χ1v) is 7.41. The number of aromatic nitrogens is 2. The molecule has 4 nitrogen and oxygen atoms in total. The third-order valence-corrected chi connectivity index (χ3v) is 5.28. The van der Waals surface area contributed by atoms with Crippen molar-refractivity contribution in [3.05, 3.63) is 18.0 Å². The first kappa shape index (κ1) is 15.9. The highest BCUT2D eigenvalue weighted by Gasteiger charge is 2.63. The maximum absolute atomic E-state index is 12.6. The lowest BCUT2D eigenvalue weighted by Gasteiger charge is -2.32. The molecular formula is C14H20BF3N2O2.